The molecule has 3 aromatic rings. The van der Waals surface area contributed by atoms with Crippen LogP contribution in [0.15, 0.2) is 42.6 Å². The summed E-state index contributed by atoms with van der Waals surface area (Å²) in [4.78, 5) is 27.4. The molecule has 0 aliphatic rings. The Kier molecular flexibility index (Phi) is 4.37. The lowest BCUT2D eigenvalue weighted by Gasteiger charge is -2.12. The molecular weight excluding hydrogens is 342 g/mol. The summed E-state index contributed by atoms with van der Waals surface area (Å²) in [5.41, 5.74) is 2.49. The van der Waals surface area contributed by atoms with Gasteiger partial charge in [0.2, 0.25) is 0 Å². The van der Waals surface area contributed by atoms with Gasteiger partial charge in [0, 0.05) is 17.6 Å². The van der Waals surface area contributed by atoms with Gasteiger partial charge < -0.3 is 5.32 Å². The molecule has 6 nitrogen and oxygen atoms in total. The number of nitrogens with one attached hydrogen (secondary N) is 1. The fraction of sp³-hybridized carbons (Fsp3) is 0.111. The Morgan fingerprint density at radius 3 is 2.60 bits per heavy atom. The smallest absolute Gasteiger partial charge is 0.282 e. The van der Waals surface area contributed by atoms with Crippen LogP contribution < -0.4 is 5.32 Å². The molecule has 1 aromatic heterocycles. The zero-order chi connectivity index (χ0) is 18.1. The molecule has 3 rings (SSSR count). The third-order valence-corrected chi connectivity index (χ3v) is 4.42. The van der Waals surface area contributed by atoms with E-state index in [-0.39, 0.29) is 11.3 Å². The number of para-hydroxylation sites is 1. The SMILES string of the molecule is Cc1cnc2c(NC(=O)c3ccccc3[N+](=O)[O-])ccc(C)c2c1Cl. The molecule has 0 saturated carbocycles. The quantitative estimate of drug-likeness (QED) is 0.546. The van der Waals surface area contributed by atoms with Crippen molar-refractivity contribution in [2.24, 2.45) is 0 Å². The van der Waals surface area contributed by atoms with Crippen molar-refractivity contribution in [2.75, 3.05) is 5.32 Å². The number of pyridine rings is 1. The van der Waals surface area contributed by atoms with Crippen molar-refractivity contribution in [1.82, 2.24) is 4.98 Å². The van der Waals surface area contributed by atoms with E-state index in [0.29, 0.717) is 16.2 Å². The predicted molar refractivity (Wildman–Crippen MR) is 97.3 cm³/mol. The first-order valence-corrected chi connectivity index (χ1v) is 7.87. The lowest BCUT2D eigenvalue weighted by atomic mass is 10.1. The second-order valence-corrected chi connectivity index (χ2v) is 6.02. The van der Waals surface area contributed by atoms with Crippen LogP contribution in [0.2, 0.25) is 5.02 Å². The molecule has 2 aromatic carbocycles. The highest BCUT2D eigenvalue weighted by Gasteiger charge is 2.20. The molecule has 1 N–H and O–H groups in total. The molecule has 0 atom stereocenters. The van der Waals surface area contributed by atoms with Gasteiger partial charge in [0.05, 0.1) is 21.2 Å². The van der Waals surface area contributed by atoms with E-state index in [1.165, 1.54) is 18.2 Å². The molecule has 126 valence electrons. The van der Waals surface area contributed by atoms with Crippen LogP contribution in [0.3, 0.4) is 0 Å². The maximum absolute atomic E-state index is 12.5. The molecule has 7 heteroatoms. The van der Waals surface area contributed by atoms with Crippen molar-refractivity contribution in [1.29, 1.82) is 0 Å². The van der Waals surface area contributed by atoms with Crippen LogP contribution in [-0.2, 0) is 0 Å². The van der Waals surface area contributed by atoms with Crippen LogP contribution in [0.1, 0.15) is 21.5 Å². The molecule has 0 aliphatic heterocycles. The third kappa shape index (κ3) is 3.04. The third-order valence-electron chi connectivity index (χ3n) is 3.93. The first-order valence-electron chi connectivity index (χ1n) is 7.49. The number of benzene rings is 2. The van der Waals surface area contributed by atoms with Gasteiger partial charge in [-0.2, -0.15) is 0 Å². The van der Waals surface area contributed by atoms with Crippen LogP contribution in [0.5, 0.6) is 0 Å². The number of nitro groups is 1. The van der Waals surface area contributed by atoms with Crippen LogP contribution >= 0.6 is 11.6 Å². The van der Waals surface area contributed by atoms with Crippen molar-refractivity contribution in [3.05, 3.63) is 74.4 Å². The number of carbonyl (C=O) groups excluding carboxylic acids is 1. The minimum Gasteiger partial charge on any atom is -0.320 e. The Morgan fingerprint density at radius 1 is 1.16 bits per heavy atom. The second-order valence-electron chi connectivity index (χ2n) is 5.64. The average molecular weight is 356 g/mol. The van der Waals surface area contributed by atoms with Crippen molar-refractivity contribution < 1.29 is 9.72 Å². The highest BCUT2D eigenvalue weighted by atomic mass is 35.5. The van der Waals surface area contributed by atoms with E-state index in [1.807, 2.05) is 19.9 Å². The van der Waals surface area contributed by atoms with E-state index >= 15 is 0 Å². The van der Waals surface area contributed by atoms with Gasteiger partial charge in [-0.3, -0.25) is 19.9 Å². The summed E-state index contributed by atoms with van der Waals surface area (Å²) in [7, 11) is 0. The Morgan fingerprint density at radius 2 is 1.88 bits per heavy atom. The summed E-state index contributed by atoms with van der Waals surface area (Å²) < 4.78 is 0. The van der Waals surface area contributed by atoms with Gasteiger partial charge in [-0.05, 0) is 37.1 Å². The summed E-state index contributed by atoms with van der Waals surface area (Å²) in [5.74, 6) is -0.573. The number of rotatable bonds is 3. The first kappa shape index (κ1) is 16.9. The normalized spacial score (nSPS) is 10.7. The van der Waals surface area contributed by atoms with Gasteiger partial charge in [0.1, 0.15) is 5.56 Å². The minimum absolute atomic E-state index is 0.0144. The van der Waals surface area contributed by atoms with Gasteiger partial charge in [0.25, 0.3) is 11.6 Å². The van der Waals surface area contributed by atoms with Gasteiger partial charge in [-0.15, -0.1) is 0 Å². The van der Waals surface area contributed by atoms with E-state index in [1.54, 1.807) is 18.3 Å². The second kappa shape index (κ2) is 6.49. The van der Waals surface area contributed by atoms with Crippen molar-refractivity contribution in [2.45, 2.75) is 13.8 Å². The van der Waals surface area contributed by atoms with E-state index in [2.05, 4.69) is 10.3 Å². The van der Waals surface area contributed by atoms with E-state index < -0.39 is 10.8 Å². The summed E-state index contributed by atoms with van der Waals surface area (Å²) >= 11 is 6.38. The highest BCUT2D eigenvalue weighted by Crippen LogP contribution is 2.33. The summed E-state index contributed by atoms with van der Waals surface area (Å²) in [6.45, 7) is 3.76. The molecule has 0 unspecified atom stereocenters. The minimum atomic E-state index is -0.583. The maximum Gasteiger partial charge on any atom is 0.282 e. The van der Waals surface area contributed by atoms with Crippen molar-refractivity contribution >= 4 is 39.8 Å². The number of halogens is 1. The van der Waals surface area contributed by atoms with Gasteiger partial charge >= 0.3 is 0 Å². The highest BCUT2D eigenvalue weighted by molar-refractivity contribution is 6.36. The van der Waals surface area contributed by atoms with Crippen molar-refractivity contribution in [3.8, 4) is 0 Å². The molecule has 0 spiro atoms. The number of hydrogen-bond donors (Lipinski definition) is 1. The van der Waals surface area contributed by atoms with Crippen LogP contribution in [-0.4, -0.2) is 15.8 Å². The first-order chi connectivity index (χ1) is 11.9. The molecule has 0 saturated heterocycles. The molecule has 1 heterocycles. The average Bonchev–Trinajstić information content (AvgIpc) is 2.60. The van der Waals surface area contributed by atoms with E-state index in [4.69, 9.17) is 11.6 Å². The summed E-state index contributed by atoms with van der Waals surface area (Å²) in [5, 5.41) is 15.1. The van der Waals surface area contributed by atoms with E-state index in [0.717, 1.165) is 16.5 Å². The number of hydrogen-bond acceptors (Lipinski definition) is 4. The Balaban J connectivity index is 2.08. The maximum atomic E-state index is 12.5. The predicted octanol–water partition coefficient (Wildman–Crippen LogP) is 4.67. The number of anilines is 1. The monoisotopic (exact) mass is 355 g/mol. The molecular formula is C18H14ClN3O3. The Labute approximate surface area is 148 Å². The largest absolute Gasteiger partial charge is 0.320 e. The Bertz CT molecular complexity index is 1020. The lowest BCUT2D eigenvalue weighted by Crippen LogP contribution is -2.14. The zero-order valence-electron chi connectivity index (χ0n) is 13.5. The number of carbonyl (C=O) groups is 1. The lowest BCUT2D eigenvalue weighted by molar-refractivity contribution is -0.385. The molecule has 0 fully saturated rings. The van der Waals surface area contributed by atoms with Gasteiger partial charge in [-0.25, -0.2) is 0 Å². The van der Waals surface area contributed by atoms with E-state index in [9.17, 15) is 14.9 Å². The van der Waals surface area contributed by atoms with Gasteiger partial charge in [0.15, 0.2) is 0 Å². The number of fused-ring (bicyclic) bond motifs is 1. The number of nitro benzene ring substituents is 1. The number of aryl methyl sites for hydroxylation is 2. The summed E-state index contributed by atoms with van der Waals surface area (Å²) in [6, 6.07) is 9.33. The molecule has 0 radical (unpaired) electrons. The van der Waals surface area contributed by atoms with Crippen LogP contribution in [0.25, 0.3) is 10.9 Å². The fourth-order valence-electron chi connectivity index (χ4n) is 2.63. The standard InChI is InChI=1S/C18H14ClN3O3/c1-10-7-8-13(17-15(10)16(19)11(2)9-20-17)21-18(23)12-5-3-4-6-14(12)22(24)25/h3-9H,1-2H3,(H,21,23). The fourth-order valence-corrected chi connectivity index (χ4v) is 2.92. The topological polar surface area (TPSA) is 85.1 Å². The number of aromatic nitrogens is 1. The molecule has 0 aliphatic carbocycles. The van der Waals surface area contributed by atoms with Crippen LogP contribution in [0, 0.1) is 24.0 Å². The molecule has 0 bridgehead atoms. The van der Waals surface area contributed by atoms with Gasteiger partial charge in [-0.1, -0.05) is 29.8 Å². The van der Waals surface area contributed by atoms with Crippen molar-refractivity contribution in [3.63, 3.8) is 0 Å². The Hall–Kier alpha value is -2.99. The van der Waals surface area contributed by atoms with Crippen LogP contribution in [0.4, 0.5) is 11.4 Å². The molecule has 25 heavy (non-hydrogen) atoms. The summed E-state index contributed by atoms with van der Waals surface area (Å²) in [6.07, 6.45) is 1.63. The number of amides is 1. The zero-order valence-corrected chi connectivity index (χ0v) is 14.3. The number of nitrogens with zero attached hydrogens (tertiary/aromatic N) is 2. The molecule has 1 amide bonds.